The van der Waals surface area contributed by atoms with Gasteiger partial charge in [-0.2, -0.15) is 0 Å². The minimum Gasteiger partial charge on any atom is -0.478 e. The van der Waals surface area contributed by atoms with E-state index in [-0.39, 0.29) is 0 Å². The predicted octanol–water partition coefficient (Wildman–Crippen LogP) is 2.37. The summed E-state index contributed by atoms with van der Waals surface area (Å²) in [5, 5.41) is 11.1. The van der Waals surface area contributed by atoms with Crippen molar-refractivity contribution in [3.8, 4) is 0 Å². The maximum atomic E-state index is 13.7. The molecule has 0 saturated carbocycles. The standard InChI is InChI=1S/C14H18F2N2O3/c1-13(2,14(3,4)17)12(21)18-10-5-7(11(19)20)8(15)6-9(10)16/h5-6H,17H2,1-4H3,(H,18,21)(H,19,20). The molecule has 0 saturated heterocycles. The van der Waals surface area contributed by atoms with E-state index >= 15 is 0 Å². The van der Waals surface area contributed by atoms with Crippen LogP contribution < -0.4 is 11.1 Å². The maximum absolute atomic E-state index is 13.7. The van der Waals surface area contributed by atoms with Gasteiger partial charge in [0.2, 0.25) is 5.91 Å². The fraction of sp³-hybridized carbons (Fsp3) is 0.429. The number of carbonyl (C=O) groups is 2. The van der Waals surface area contributed by atoms with Gasteiger partial charge in [0.15, 0.2) is 0 Å². The van der Waals surface area contributed by atoms with Crippen LogP contribution >= 0.6 is 0 Å². The lowest BCUT2D eigenvalue weighted by atomic mass is 9.74. The molecule has 0 aliphatic heterocycles. The Hall–Kier alpha value is -2.02. The molecule has 0 bridgehead atoms. The summed E-state index contributed by atoms with van der Waals surface area (Å²) in [7, 11) is 0. The Morgan fingerprint density at radius 1 is 1.14 bits per heavy atom. The molecule has 0 atom stereocenters. The van der Waals surface area contributed by atoms with Crippen LogP contribution in [0.5, 0.6) is 0 Å². The average Bonchev–Trinajstić information content (AvgIpc) is 2.30. The molecule has 0 heterocycles. The van der Waals surface area contributed by atoms with Crippen LogP contribution in [0.4, 0.5) is 14.5 Å². The summed E-state index contributed by atoms with van der Waals surface area (Å²) >= 11 is 0. The molecule has 21 heavy (non-hydrogen) atoms. The molecule has 4 N–H and O–H groups in total. The number of nitrogens with one attached hydrogen (secondary N) is 1. The number of hydrogen-bond donors (Lipinski definition) is 3. The zero-order valence-corrected chi connectivity index (χ0v) is 12.3. The molecular formula is C14H18F2N2O3. The summed E-state index contributed by atoms with van der Waals surface area (Å²) < 4.78 is 26.9. The number of halogens is 2. The second kappa shape index (κ2) is 5.40. The number of carboxylic acid groups (broad SMARTS) is 1. The largest absolute Gasteiger partial charge is 0.478 e. The van der Waals surface area contributed by atoms with Gasteiger partial charge in [-0.25, -0.2) is 13.6 Å². The molecule has 0 unspecified atom stereocenters. The Kier molecular flexibility index (Phi) is 4.38. The lowest BCUT2D eigenvalue weighted by Gasteiger charge is -2.36. The zero-order chi connectivity index (χ0) is 16.6. The van der Waals surface area contributed by atoms with Gasteiger partial charge in [-0.3, -0.25) is 4.79 Å². The van der Waals surface area contributed by atoms with Crippen molar-refractivity contribution in [2.75, 3.05) is 5.32 Å². The van der Waals surface area contributed by atoms with E-state index < -0.39 is 45.7 Å². The second-order valence-electron chi connectivity index (χ2n) is 5.92. The minimum atomic E-state index is -1.55. The lowest BCUT2D eigenvalue weighted by molar-refractivity contribution is -0.126. The Balaban J connectivity index is 3.17. The number of aromatic carboxylic acids is 1. The molecule has 0 aromatic heterocycles. The van der Waals surface area contributed by atoms with Crippen LogP contribution in [-0.2, 0) is 4.79 Å². The van der Waals surface area contributed by atoms with Crippen LogP contribution in [0.2, 0.25) is 0 Å². The van der Waals surface area contributed by atoms with Crippen molar-refractivity contribution in [2.45, 2.75) is 33.2 Å². The van der Waals surface area contributed by atoms with Crippen molar-refractivity contribution in [3.05, 3.63) is 29.3 Å². The molecule has 0 radical (unpaired) electrons. The molecule has 1 aromatic rings. The second-order valence-corrected chi connectivity index (χ2v) is 5.92. The predicted molar refractivity (Wildman–Crippen MR) is 74.0 cm³/mol. The highest BCUT2D eigenvalue weighted by Crippen LogP contribution is 2.30. The number of amides is 1. The van der Waals surface area contributed by atoms with E-state index in [1.54, 1.807) is 27.7 Å². The van der Waals surface area contributed by atoms with E-state index in [1.165, 1.54) is 0 Å². The number of rotatable bonds is 4. The number of anilines is 1. The molecule has 0 aliphatic rings. The maximum Gasteiger partial charge on any atom is 0.338 e. The summed E-state index contributed by atoms with van der Waals surface area (Å²) in [6, 6.07) is 1.16. The fourth-order valence-electron chi connectivity index (χ4n) is 1.38. The average molecular weight is 300 g/mol. The molecule has 0 aliphatic carbocycles. The fourth-order valence-corrected chi connectivity index (χ4v) is 1.38. The quantitative estimate of drug-likeness (QED) is 0.796. The third-order valence-electron chi connectivity index (χ3n) is 3.71. The summed E-state index contributed by atoms with van der Waals surface area (Å²) in [5.41, 5.74) is 2.81. The van der Waals surface area contributed by atoms with Crippen molar-refractivity contribution in [3.63, 3.8) is 0 Å². The molecule has 1 rings (SSSR count). The summed E-state index contributed by atoms with van der Waals surface area (Å²) in [5.74, 6) is -4.42. The Morgan fingerprint density at radius 2 is 1.67 bits per heavy atom. The van der Waals surface area contributed by atoms with Gasteiger partial charge in [0.05, 0.1) is 16.7 Å². The van der Waals surface area contributed by atoms with Gasteiger partial charge in [0.1, 0.15) is 11.6 Å². The topological polar surface area (TPSA) is 92.4 Å². The Labute approximate surface area is 121 Å². The third-order valence-corrected chi connectivity index (χ3v) is 3.71. The minimum absolute atomic E-state index is 0.406. The molecule has 116 valence electrons. The van der Waals surface area contributed by atoms with Gasteiger partial charge in [0.25, 0.3) is 0 Å². The highest BCUT2D eigenvalue weighted by molar-refractivity contribution is 5.97. The van der Waals surface area contributed by atoms with E-state index in [0.717, 1.165) is 6.07 Å². The van der Waals surface area contributed by atoms with Gasteiger partial charge < -0.3 is 16.2 Å². The summed E-state index contributed by atoms with van der Waals surface area (Å²) in [6.45, 7) is 6.41. The van der Waals surface area contributed by atoms with Gasteiger partial charge in [-0.1, -0.05) is 0 Å². The molecule has 1 aromatic carbocycles. The molecular weight excluding hydrogens is 282 g/mol. The summed E-state index contributed by atoms with van der Waals surface area (Å²) in [4.78, 5) is 23.0. The van der Waals surface area contributed by atoms with E-state index in [2.05, 4.69) is 5.32 Å². The zero-order valence-electron chi connectivity index (χ0n) is 12.3. The SMILES string of the molecule is CC(C)(N)C(C)(C)C(=O)Nc1cc(C(=O)O)c(F)cc1F. The van der Waals surface area contributed by atoms with Crippen molar-refractivity contribution in [2.24, 2.45) is 11.1 Å². The van der Waals surface area contributed by atoms with Crippen LogP contribution in [-0.4, -0.2) is 22.5 Å². The molecule has 7 heteroatoms. The van der Waals surface area contributed by atoms with E-state index in [0.29, 0.717) is 6.07 Å². The van der Waals surface area contributed by atoms with Crippen LogP contribution in [0.25, 0.3) is 0 Å². The van der Waals surface area contributed by atoms with E-state index in [1.807, 2.05) is 0 Å². The van der Waals surface area contributed by atoms with Crippen LogP contribution in [0.1, 0.15) is 38.1 Å². The van der Waals surface area contributed by atoms with Crippen LogP contribution in [0, 0.1) is 17.0 Å². The highest BCUT2D eigenvalue weighted by atomic mass is 19.1. The first-order valence-electron chi connectivity index (χ1n) is 6.20. The van der Waals surface area contributed by atoms with Crippen LogP contribution in [0.15, 0.2) is 12.1 Å². The molecule has 1 amide bonds. The monoisotopic (exact) mass is 300 g/mol. The molecule has 0 fully saturated rings. The van der Waals surface area contributed by atoms with E-state index in [9.17, 15) is 18.4 Å². The molecule has 5 nitrogen and oxygen atoms in total. The summed E-state index contributed by atoms with van der Waals surface area (Å²) in [6.07, 6.45) is 0. The number of nitrogens with two attached hydrogens (primary N) is 1. The first-order valence-corrected chi connectivity index (χ1v) is 6.20. The van der Waals surface area contributed by atoms with Crippen LogP contribution in [0.3, 0.4) is 0 Å². The van der Waals surface area contributed by atoms with Crippen molar-refractivity contribution < 1.29 is 23.5 Å². The van der Waals surface area contributed by atoms with Gasteiger partial charge in [0, 0.05) is 11.6 Å². The smallest absolute Gasteiger partial charge is 0.338 e. The van der Waals surface area contributed by atoms with E-state index in [4.69, 9.17) is 10.8 Å². The first kappa shape index (κ1) is 17.0. The van der Waals surface area contributed by atoms with Crippen molar-refractivity contribution in [1.29, 1.82) is 0 Å². The number of carboxylic acids is 1. The van der Waals surface area contributed by atoms with Crippen molar-refractivity contribution in [1.82, 2.24) is 0 Å². The van der Waals surface area contributed by atoms with Crippen molar-refractivity contribution >= 4 is 17.6 Å². The Morgan fingerprint density at radius 3 is 2.10 bits per heavy atom. The lowest BCUT2D eigenvalue weighted by Crippen LogP contribution is -2.53. The number of hydrogen-bond acceptors (Lipinski definition) is 3. The van der Waals surface area contributed by atoms with Gasteiger partial charge in [-0.05, 0) is 33.8 Å². The van der Waals surface area contributed by atoms with Gasteiger partial charge in [-0.15, -0.1) is 0 Å². The third kappa shape index (κ3) is 3.36. The number of carbonyl (C=O) groups excluding carboxylic acids is 1. The normalized spacial score (nSPS) is 12.1. The number of benzene rings is 1. The van der Waals surface area contributed by atoms with Gasteiger partial charge >= 0.3 is 5.97 Å². The first-order chi connectivity index (χ1) is 9.37. The Bertz CT molecular complexity index is 593. The molecule has 0 spiro atoms. The highest BCUT2D eigenvalue weighted by Gasteiger charge is 2.40.